The van der Waals surface area contributed by atoms with Crippen molar-refractivity contribution in [2.75, 3.05) is 0 Å². The molecule has 13 heavy (non-hydrogen) atoms. The quantitative estimate of drug-likeness (QED) is 0.574. The lowest BCUT2D eigenvalue weighted by Crippen LogP contribution is -2.61. The van der Waals surface area contributed by atoms with Gasteiger partial charge in [-0.1, -0.05) is 0 Å². The van der Waals surface area contributed by atoms with Crippen LogP contribution in [0.4, 0.5) is 0 Å². The van der Waals surface area contributed by atoms with Crippen molar-refractivity contribution in [3.05, 3.63) is 0 Å². The van der Waals surface area contributed by atoms with Gasteiger partial charge in [-0.25, -0.2) is 0 Å². The van der Waals surface area contributed by atoms with Crippen molar-refractivity contribution in [3.63, 3.8) is 0 Å². The maximum atomic E-state index is 11.4. The summed E-state index contributed by atoms with van der Waals surface area (Å²) >= 11 is 0. The second kappa shape index (κ2) is 2.96. The number of carbonyl (C=O) groups is 1. The molecule has 0 amide bonds. The van der Waals surface area contributed by atoms with Crippen LogP contribution in [0.5, 0.6) is 0 Å². The molecule has 1 saturated carbocycles. The molecule has 3 N–H and O–H groups in total. The molecule has 0 heterocycles. The number of hydrogen-bond acceptors (Lipinski definition) is 4. The molecule has 0 bridgehead atoms. The number of carbonyl (C=O) groups excluding carboxylic acids is 1. The van der Waals surface area contributed by atoms with E-state index < -0.39 is 23.2 Å². The van der Waals surface area contributed by atoms with Gasteiger partial charge >= 0.3 is 5.97 Å². The Hall–Kier alpha value is -0.610. The third kappa shape index (κ3) is 2.42. The Bertz CT molecular complexity index is 213. The Morgan fingerprint density at radius 2 is 2.00 bits per heavy atom. The van der Waals surface area contributed by atoms with E-state index in [1.165, 1.54) is 0 Å². The molecule has 0 atom stereocenters. The number of ether oxygens (including phenoxy) is 1. The van der Waals surface area contributed by atoms with E-state index in [0.717, 1.165) is 0 Å². The molecule has 0 aliphatic heterocycles. The zero-order chi connectivity index (χ0) is 10.3. The average Bonchev–Trinajstić information content (AvgIpc) is 1.80. The smallest absolute Gasteiger partial charge is 0.326 e. The number of aliphatic hydroxyl groups is 1. The van der Waals surface area contributed by atoms with Crippen LogP contribution in [-0.4, -0.2) is 28.3 Å². The van der Waals surface area contributed by atoms with Crippen molar-refractivity contribution in [2.24, 2.45) is 5.73 Å². The third-order valence-corrected chi connectivity index (χ3v) is 2.01. The van der Waals surface area contributed by atoms with E-state index in [1.807, 2.05) is 0 Å². The lowest BCUT2D eigenvalue weighted by Gasteiger charge is -2.41. The van der Waals surface area contributed by atoms with Crippen LogP contribution >= 0.6 is 0 Å². The minimum Gasteiger partial charge on any atom is -0.459 e. The van der Waals surface area contributed by atoms with Gasteiger partial charge in [0.2, 0.25) is 0 Å². The normalized spacial score (nSPS) is 33.8. The van der Waals surface area contributed by atoms with E-state index in [2.05, 4.69) is 0 Å². The van der Waals surface area contributed by atoms with E-state index in [0.29, 0.717) is 12.8 Å². The summed E-state index contributed by atoms with van der Waals surface area (Å²) < 4.78 is 5.12. The Balaban J connectivity index is 2.50. The number of rotatable bonds is 1. The molecule has 0 radical (unpaired) electrons. The van der Waals surface area contributed by atoms with Gasteiger partial charge in [0.1, 0.15) is 11.1 Å². The minimum atomic E-state index is -0.952. The first kappa shape index (κ1) is 10.5. The van der Waals surface area contributed by atoms with Crippen LogP contribution in [-0.2, 0) is 9.53 Å². The van der Waals surface area contributed by atoms with Crippen LogP contribution in [0.2, 0.25) is 0 Å². The highest BCUT2D eigenvalue weighted by molar-refractivity contribution is 5.82. The molecule has 0 unspecified atom stereocenters. The van der Waals surface area contributed by atoms with Crippen molar-refractivity contribution < 1.29 is 14.6 Å². The van der Waals surface area contributed by atoms with Crippen molar-refractivity contribution in [3.8, 4) is 0 Å². The predicted molar refractivity (Wildman–Crippen MR) is 48.0 cm³/mol. The van der Waals surface area contributed by atoms with Crippen LogP contribution in [0.25, 0.3) is 0 Å². The maximum absolute atomic E-state index is 11.4. The van der Waals surface area contributed by atoms with E-state index >= 15 is 0 Å². The Kier molecular flexibility index (Phi) is 2.38. The second-order valence-corrected chi connectivity index (χ2v) is 4.72. The molecule has 1 fully saturated rings. The summed E-state index contributed by atoms with van der Waals surface area (Å²) in [6.07, 6.45) is 0.168. The molecule has 0 saturated heterocycles. The van der Waals surface area contributed by atoms with Gasteiger partial charge in [0.05, 0.1) is 6.10 Å². The zero-order valence-corrected chi connectivity index (χ0v) is 8.33. The van der Waals surface area contributed by atoms with Crippen LogP contribution < -0.4 is 5.73 Å². The molecule has 0 spiro atoms. The molecule has 0 aromatic heterocycles. The lowest BCUT2D eigenvalue weighted by atomic mass is 9.75. The average molecular weight is 187 g/mol. The van der Waals surface area contributed by atoms with E-state index in [9.17, 15) is 4.79 Å². The molecule has 1 aliphatic carbocycles. The molecule has 4 nitrogen and oxygen atoms in total. The van der Waals surface area contributed by atoms with Crippen molar-refractivity contribution in [2.45, 2.75) is 50.9 Å². The number of aliphatic hydroxyl groups excluding tert-OH is 1. The van der Waals surface area contributed by atoms with Gasteiger partial charge in [-0.2, -0.15) is 0 Å². The van der Waals surface area contributed by atoms with E-state index in [-0.39, 0.29) is 0 Å². The summed E-state index contributed by atoms with van der Waals surface area (Å²) in [4.78, 5) is 11.4. The fourth-order valence-electron chi connectivity index (χ4n) is 1.33. The highest BCUT2D eigenvalue weighted by atomic mass is 16.6. The Morgan fingerprint density at radius 3 is 2.31 bits per heavy atom. The minimum absolute atomic E-state index is 0.307. The molecule has 1 aliphatic rings. The number of nitrogens with two attached hydrogens (primary N) is 1. The van der Waals surface area contributed by atoms with Crippen LogP contribution in [0.15, 0.2) is 0 Å². The van der Waals surface area contributed by atoms with E-state index in [4.69, 9.17) is 15.6 Å². The first-order valence-corrected chi connectivity index (χ1v) is 4.43. The van der Waals surface area contributed by atoms with Crippen molar-refractivity contribution >= 4 is 5.97 Å². The standard InChI is InChI=1S/C9H17NO3/c1-8(2,3)13-7(12)9(10)4-6(11)5-9/h6,11H,4-5,10H2,1-3H3. The lowest BCUT2D eigenvalue weighted by molar-refractivity contribution is -0.170. The van der Waals surface area contributed by atoms with Crippen LogP contribution in [0.3, 0.4) is 0 Å². The van der Waals surface area contributed by atoms with Gasteiger partial charge in [-0.15, -0.1) is 0 Å². The van der Waals surface area contributed by atoms with Crippen LogP contribution in [0, 0.1) is 0 Å². The highest BCUT2D eigenvalue weighted by Crippen LogP contribution is 2.32. The van der Waals surface area contributed by atoms with Gasteiger partial charge in [-0.05, 0) is 20.8 Å². The summed E-state index contributed by atoms with van der Waals surface area (Å²) in [5, 5.41) is 9.04. The highest BCUT2D eigenvalue weighted by Gasteiger charge is 2.48. The SMILES string of the molecule is CC(C)(C)OC(=O)C1(N)CC(O)C1. The summed E-state index contributed by atoms with van der Waals surface area (Å²) in [6.45, 7) is 5.38. The topological polar surface area (TPSA) is 72.5 Å². The first-order chi connectivity index (χ1) is 5.73. The summed E-state index contributed by atoms with van der Waals surface area (Å²) in [7, 11) is 0. The second-order valence-electron chi connectivity index (χ2n) is 4.72. The summed E-state index contributed by atoms with van der Waals surface area (Å²) in [5.41, 5.74) is 4.25. The largest absolute Gasteiger partial charge is 0.459 e. The molecular formula is C9H17NO3. The molecule has 4 heteroatoms. The fourth-order valence-corrected chi connectivity index (χ4v) is 1.33. The maximum Gasteiger partial charge on any atom is 0.326 e. The molecule has 0 aromatic rings. The monoisotopic (exact) mass is 187 g/mol. The molecular weight excluding hydrogens is 170 g/mol. The van der Waals surface area contributed by atoms with Crippen molar-refractivity contribution in [1.82, 2.24) is 0 Å². The summed E-state index contributed by atoms with van der Waals surface area (Å²) in [6, 6.07) is 0. The molecule has 0 aromatic carbocycles. The van der Waals surface area contributed by atoms with Crippen molar-refractivity contribution in [1.29, 1.82) is 0 Å². The summed E-state index contributed by atoms with van der Waals surface area (Å²) in [5.74, 6) is -0.412. The first-order valence-electron chi connectivity index (χ1n) is 4.43. The third-order valence-electron chi connectivity index (χ3n) is 2.01. The van der Waals surface area contributed by atoms with Crippen LogP contribution in [0.1, 0.15) is 33.6 Å². The fraction of sp³-hybridized carbons (Fsp3) is 0.889. The van der Waals surface area contributed by atoms with E-state index in [1.54, 1.807) is 20.8 Å². The Morgan fingerprint density at radius 1 is 1.54 bits per heavy atom. The predicted octanol–water partition coefficient (Wildman–Crippen LogP) is 0.180. The molecule has 76 valence electrons. The number of hydrogen-bond donors (Lipinski definition) is 2. The van der Waals surface area contributed by atoms with Gasteiger partial charge < -0.3 is 15.6 Å². The molecule has 1 rings (SSSR count). The van der Waals surface area contributed by atoms with Gasteiger partial charge in [0.15, 0.2) is 0 Å². The van der Waals surface area contributed by atoms with Gasteiger partial charge in [0, 0.05) is 12.8 Å². The Labute approximate surface area is 78.1 Å². The zero-order valence-electron chi connectivity index (χ0n) is 8.33. The van der Waals surface area contributed by atoms with Gasteiger partial charge in [0.25, 0.3) is 0 Å². The number of esters is 1. The van der Waals surface area contributed by atoms with Gasteiger partial charge in [-0.3, -0.25) is 4.79 Å².